The van der Waals surface area contributed by atoms with E-state index in [0.29, 0.717) is 17.2 Å². The Balaban J connectivity index is 1.59. The molecule has 2 aliphatic heterocycles. The fourth-order valence-corrected chi connectivity index (χ4v) is 4.39. The molecule has 1 saturated heterocycles. The van der Waals surface area contributed by atoms with Gasteiger partial charge in [0.1, 0.15) is 5.82 Å². The van der Waals surface area contributed by atoms with E-state index in [1.807, 2.05) is 42.5 Å². The van der Waals surface area contributed by atoms with Gasteiger partial charge in [0.25, 0.3) is 0 Å². The molecular formula is C24H22N6O. The van der Waals surface area contributed by atoms with Crippen LogP contribution >= 0.6 is 0 Å². The lowest BCUT2D eigenvalue weighted by atomic mass is 10.1. The topological polar surface area (TPSA) is 85.1 Å². The number of urea groups is 1. The summed E-state index contributed by atoms with van der Waals surface area (Å²) in [7, 11) is 0. The van der Waals surface area contributed by atoms with Crippen LogP contribution in [-0.2, 0) is 0 Å². The number of nitrogens with zero attached hydrogens (tertiary/aromatic N) is 5. The first-order valence-electron chi connectivity index (χ1n) is 10.5. The normalized spacial score (nSPS) is 17.3. The summed E-state index contributed by atoms with van der Waals surface area (Å²) in [5, 5.41) is 12.2. The van der Waals surface area contributed by atoms with Crippen molar-refractivity contribution in [3.63, 3.8) is 0 Å². The molecule has 0 radical (unpaired) electrons. The van der Waals surface area contributed by atoms with Gasteiger partial charge in [-0.3, -0.25) is 10.2 Å². The molecule has 7 heteroatoms. The predicted octanol–water partition coefficient (Wildman–Crippen LogP) is 4.43. The van der Waals surface area contributed by atoms with Crippen LogP contribution in [0.2, 0.25) is 0 Å². The average molecular weight is 410 g/mol. The predicted molar refractivity (Wildman–Crippen MR) is 120 cm³/mol. The van der Waals surface area contributed by atoms with Crippen LogP contribution in [0, 0.1) is 11.3 Å². The number of hydrogen-bond acceptors (Lipinski definition) is 5. The minimum atomic E-state index is -0.218. The van der Waals surface area contributed by atoms with Crippen molar-refractivity contribution in [3.05, 3.63) is 66.4 Å². The molecule has 0 aliphatic carbocycles. The summed E-state index contributed by atoms with van der Waals surface area (Å²) < 4.78 is 0. The molecule has 31 heavy (non-hydrogen) atoms. The highest BCUT2D eigenvalue weighted by atomic mass is 16.2. The smallest absolute Gasteiger partial charge is 0.328 e. The van der Waals surface area contributed by atoms with E-state index in [1.165, 1.54) is 0 Å². The van der Waals surface area contributed by atoms with Gasteiger partial charge in [-0.25, -0.2) is 14.8 Å². The number of nitrogens with one attached hydrogen (secondary N) is 1. The molecule has 2 bridgehead atoms. The fraction of sp³-hybridized carbons (Fsp3) is 0.250. The Morgan fingerprint density at radius 2 is 2.03 bits per heavy atom. The SMILES string of the molecule is N#Cc1cccc(-c2ccc3c(n2)N(C(=O)Nc2ccccn2)[C@@H]2CCCN3CC2)c1. The molecule has 0 spiro atoms. The molecule has 4 heterocycles. The van der Waals surface area contributed by atoms with Gasteiger partial charge in [-0.05, 0) is 55.7 Å². The second kappa shape index (κ2) is 8.07. The zero-order chi connectivity index (χ0) is 21.2. The van der Waals surface area contributed by atoms with Crippen LogP contribution in [0.15, 0.2) is 60.8 Å². The first kappa shape index (κ1) is 19.1. The lowest BCUT2D eigenvalue weighted by molar-refractivity contribution is 0.254. The third-order valence-electron chi connectivity index (χ3n) is 5.89. The molecule has 154 valence electrons. The summed E-state index contributed by atoms with van der Waals surface area (Å²) in [5.41, 5.74) is 3.15. The first-order valence-corrected chi connectivity index (χ1v) is 10.5. The van der Waals surface area contributed by atoms with Gasteiger partial charge in [-0.1, -0.05) is 18.2 Å². The van der Waals surface area contributed by atoms with Crippen molar-refractivity contribution in [2.24, 2.45) is 0 Å². The number of aromatic nitrogens is 2. The Bertz CT molecular complexity index is 1160. The van der Waals surface area contributed by atoms with Gasteiger partial charge in [-0.2, -0.15) is 5.26 Å². The molecule has 1 atom stereocenters. The largest absolute Gasteiger partial charge is 0.368 e. The molecule has 2 aliphatic rings. The van der Waals surface area contributed by atoms with E-state index >= 15 is 0 Å². The van der Waals surface area contributed by atoms with Crippen LogP contribution in [0.5, 0.6) is 0 Å². The summed E-state index contributed by atoms with van der Waals surface area (Å²) in [6.45, 7) is 1.86. The van der Waals surface area contributed by atoms with Crippen LogP contribution < -0.4 is 15.1 Å². The highest BCUT2D eigenvalue weighted by Gasteiger charge is 2.35. The average Bonchev–Trinajstić information content (AvgIpc) is 3.13. The highest BCUT2D eigenvalue weighted by molar-refractivity contribution is 6.03. The van der Waals surface area contributed by atoms with Crippen LogP contribution in [-0.4, -0.2) is 35.1 Å². The Morgan fingerprint density at radius 3 is 2.87 bits per heavy atom. The van der Waals surface area contributed by atoms with Crippen molar-refractivity contribution in [1.82, 2.24) is 9.97 Å². The molecular weight excluding hydrogens is 388 g/mol. The zero-order valence-electron chi connectivity index (χ0n) is 17.0. The molecule has 0 saturated carbocycles. The van der Waals surface area contributed by atoms with Crippen molar-refractivity contribution in [1.29, 1.82) is 5.26 Å². The number of benzene rings is 1. The fourth-order valence-electron chi connectivity index (χ4n) is 4.39. The third kappa shape index (κ3) is 3.68. The summed E-state index contributed by atoms with van der Waals surface area (Å²) in [4.78, 5) is 26.7. The molecule has 2 amide bonds. The van der Waals surface area contributed by atoms with E-state index in [9.17, 15) is 10.1 Å². The highest BCUT2D eigenvalue weighted by Crippen LogP contribution is 2.38. The maximum atomic E-state index is 13.4. The number of anilines is 3. The van der Waals surface area contributed by atoms with E-state index in [1.54, 1.807) is 23.2 Å². The van der Waals surface area contributed by atoms with Crippen molar-refractivity contribution >= 4 is 23.4 Å². The number of carbonyl (C=O) groups is 1. The minimum Gasteiger partial charge on any atom is -0.368 e. The summed E-state index contributed by atoms with van der Waals surface area (Å²) in [6, 6.07) is 18.9. The molecule has 3 aromatic rings. The standard InChI is InChI=1S/C24H22N6O/c25-16-17-5-3-6-18(15-17)20-9-10-21-23(27-20)30(19-7-4-13-29(21)14-11-19)24(31)28-22-8-1-2-12-26-22/h1-3,5-6,8-10,12,15,19H,4,7,11,13-14H2,(H,26,28,31)/t19-/m1/s1. The number of carbonyl (C=O) groups excluding carboxylic acids is 1. The number of rotatable bonds is 2. The van der Waals surface area contributed by atoms with Crippen LogP contribution in [0.25, 0.3) is 11.3 Å². The van der Waals surface area contributed by atoms with Crippen molar-refractivity contribution < 1.29 is 4.79 Å². The molecule has 5 rings (SSSR count). The van der Waals surface area contributed by atoms with Gasteiger partial charge in [0.05, 0.1) is 23.0 Å². The van der Waals surface area contributed by atoms with Crippen molar-refractivity contribution in [3.8, 4) is 17.3 Å². The van der Waals surface area contributed by atoms with E-state index in [-0.39, 0.29) is 12.1 Å². The summed E-state index contributed by atoms with van der Waals surface area (Å²) >= 11 is 0. The van der Waals surface area contributed by atoms with Crippen LogP contribution in [0.1, 0.15) is 24.8 Å². The summed E-state index contributed by atoms with van der Waals surface area (Å²) in [5.74, 6) is 1.18. The molecule has 0 unspecified atom stereocenters. The Labute approximate surface area is 181 Å². The van der Waals surface area contributed by atoms with Gasteiger partial charge in [0.15, 0.2) is 5.82 Å². The van der Waals surface area contributed by atoms with E-state index in [4.69, 9.17) is 4.98 Å². The third-order valence-corrected chi connectivity index (χ3v) is 5.89. The molecule has 1 fully saturated rings. The maximum absolute atomic E-state index is 13.4. The molecule has 7 nitrogen and oxygen atoms in total. The monoisotopic (exact) mass is 410 g/mol. The van der Waals surface area contributed by atoms with E-state index in [2.05, 4.69) is 21.3 Å². The first-order chi connectivity index (χ1) is 15.2. The van der Waals surface area contributed by atoms with Gasteiger partial charge in [-0.15, -0.1) is 0 Å². The van der Waals surface area contributed by atoms with Crippen LogP contribution in [0.4, 0.5) is 22.1 Å². The van der Waals surface area contributed by atoms with E-state index in [0.717, 1.165) is 49.3 Å². The lowest BCUT2D eigenvalue weighted by Crippen LogP contribution is -2.44. The van der Waals surface area contributed by atoms with Gasteiger partial charge < -0.3 is 4.90 Å². The van der Waals surface area contributed by atoms with E-state index < -0.39 is 0 Å². The minimum absolute atomic E-state index is 0.0724. The number of fused-ring (bicyclic) bond motifs is 5. The number of nitriles is 1. The Hall–Kier alpha value is -3.92. The van der Waals surface area contributed by atoms with Gasteiger partial charge in [0.2, 0.25) is 0 Å². The number of pyridine rings is 2. The second-order valence-electron chi connectivity index (χ2n) is 7.82. The molecule has 1 N–H and O–H groups in total. The number of hydrogen-bond donors (Lipinski definition) is 1. The zero-order valence-corrected chi connectivity index (χ0v) is 17.0. The van der Waals surface area contributed by atoms with Crippen LogP contribution in [0.3, 0.4) is 0 Å². The Kier molecular flexibility index (Phi) is 4.97. The van der Waals surface area contributed by atoms with Crippen molar-refractivity contribution in [2.75, 3.05) is 28.2 Å². The van der Waals surface area contributed by atoms with Crippen molar-refractivity contribution in [2.45, 2.75) is 25.3 Å². The quantitative estimate of drug-likeness (QED) is 0.676. The Morgan fingerprint density at radius 1 is 1.10 bits per heavy atom. The lowest BCUT2D eigenvalue weighted by Gasteiger charge is -2.32. The van der Waals surface area contributed by atoms with Gasteiger partial charge >= 0.3 is 6.03 Å². The number of amides is 2. The molecule has 1 aromatic carbocycles. The maximum Gasteiger partial charge on any atom is 0.328 e. The second-order valence-corrected chi connectivity index (χ2v) is 7.82. The summed E-state index contributed by atoms with van der Waals surface area (Å²) in [6.07, 6.45) is 4.52. The molecule has 2 aromatic heterocycles. The van der Waals surface area contributed by atoms with Gasteiger partial charge in [0, 0.05) is 30.9 Å².